The molecule has 51 heavy (non-hydrogen) atoms. The van der Waals surface area contributed by atoms with Gasteiger partial charge in [0.25, 0.3) is 0 Å². The van der Waals surface area contributed by atoms with Crippen LogP contribution in [0.4, 0.5) is 0 Å². The number of hydrogen-bond acceptors (Lipinski definition) is 14. The molecule has 0 radical (unpaired) electrons. The summed E-state index contributed by atoms with van der Waals surface area (Å²) in [5.74, 6) is -2.03. The Kier molecular flexibility index (Phi) is 13.4. The van der Waals surface area contributed by atoms with E-state index in [2.05, 4.69) is 0 Å². The van der Waals surface area contributed by atoms with Crippen molar-refractivity contribution in [1.82, 2.24) is 4.90 Å². The Hall–Kier alpha value is -1.46. The van der Waals surface area contributed by atoms with Gasteiger partial charge < -0.3 is 58.5 Å². The third kappa shape index (κ3) is 8.60. The average Bonchev–Trinajstić information content (AvgIpc) is 3.35. The number of fused-ring (bicyclic) bond motifs is 2. The molecule has 3 fully saturated rings. The number of carbonyl (C=O) groups is 1. The summed E-state index contributed by atoms with van der Waals surface area (Å²) in [6, 6.07) is -1.04. The number of cyclic esters (lactones) is 1. The zero-order valence-corrected chi connectivity index (χ0v) is 32.9. The zero-order chi connectivity index (χ0) is 38.4. The first kappa shape index (κ1) is 42.3. The van der Waals surface area contributed by atoms with Crippen molar-refractivity contribution in [1.29, 1.82) is 0 Å². The van der Waals surface area contributed by atoms with Crippen LogP contribution < -0.4 is 0 Å². The molecule has 4 rings (SSSR count). The normalized spacial score (nSPS) is 50.3. The predicted molar refractivity (Wildman–Crippen MR) is 188 cm³/mol. The smallest absolute Gasteiger partial charge is 0.311 e. The highest BCUT2D eigenvalue weighted by Crippen LogP contribution is 2.44. The van der Waals surface area contributed by atoms with Crippen LogP contribution in [0, 0.1) is 17.8 Å². The second-order valence-electron chi connectivity index (χ2n) is 16.5. The molecule has 0 aromatic carbocycles. The molecule has 0 aromatic rings. The minimum Gasteiger partial charge on any atom is -0.472 e. The van der Waals surface area contributed by atoms with E-state index >= 15 is 0 Å². The molecule has 4 aliphatic rings. The maximum absolute atomic E-state index is 14.2. The van der Waals surface area contributed by atoms with Gasteiger partial charge in [0.05, 0.1) is 35.9 Å². The van der Waals surface area contributed by atoms with E-state index in [1.54, 1.807) is 34.6 Å². The first-order chi connectivity index (χ1) is 23.6. The summed E-state index contributed by atoms with van der Waals surface area (Å²) in [5, 5.41) is 45.5. The van der Waals surface area contributed by atoms with Crippen LogP contribution in [-0.4, -0.2) is 149 Å². The molecule has 0 spiro atoms. The van der Waals surface area contributed by atoms with E-state index in [9.17, 15) is 25.2 Å². The standard InChI is InChI=1S/C37H66N2O12/c1-14-25-37(10,44)29(41)22(6)38-32-18(2)16-36(9,51-32)31(50-34-27(40)24(39(11)12)15-19(3)46-34)20(4)28(21(5)33(43)48-25)49-26-17-35(8,45-13)30(42)23(7)47-26/h18-31,34,40-42,44H,14-17H2,1-13H3/t18-,19-,20-,21-,22+,23+,24+,25+,26+,27-,28-,29+,30+,31-,34+,35-,36+,37-/m1/s1. The van der Waals surface area contributed by atoms with Gasteiger partial charge in [-0.3, -0.25) is 4.79 Å². The molecular formula is C37H66N2O12. The van der Waals surface area contributed by atoms with Crippen molar-refractivity contribution in [3.63, 3.8) is 0 Å². The van der Waals surface area contributed by atoms with E-state index in [-0.39, 0.29) is 30.9 Å². The van der Waals surface area contributed by atoms with Gasteiger partial charge in [0.15, 0.2) is 18.5 Å². The average molecular weight is 731 g/mol. The van der Waals surface area contributed by atoms with Gasteiger partial charge in [0.2, 0.25) is 0 Å². The van der Waals surface area contributed by atoms with Crippen LogP contribution in [0.15, 0.2) is 4.99 Å². The highest BCUT2D eigenvalue weighted by Gasteiger charge is 2.56. The van der Waals surface area contributed by atoms with Crippen molar-refractivity contribution < 1.29 is 58.4 Å². The number of aliphatic hydroxyl groups is 4. The number of aliphatic hydroxyl groups excluding tert-OH is 3. The van der Waals surface area contributed by atoms with Crippen molar-refractivity contribution in [2.75, 3.05) is 21.2 Å². The third-order valence-corrected chi connectivity index (χ3v) is 11.9. The second kappa shape index (κ2) is 16.1. The topological polar surface area (TPSA) is 178 Å². The number of aliphatic imine (C=N–C) groups is 1. The summed E-state index contributed by atoms with van der Waals surface area (Å²) in [6.45, 7) is 17.8. The summed E-state index contributed by atoms with van der Waals surface area (Å²) in [4.78, 5) is 20.9. The summed E-state index contributed by atoms with van der Waals surface area (Å²) in [7, 11) is 5.33. The lowest BCUT2D eigenvalue weighted by molar-refractivity contribution is -0.315. The van der Waals surface area contributed by atoms with Gasteiger partial charge in [-0.25, -0.2) is 4.99 Å². The molecule has 296 valence electrons. The Labute approximate surface area is 304 Å². The van der Waals surface area contributed by atoms with E-state index in [0.717, 1.165) is 0 Å². The van der Waals surface area contributed by atoms with Gasteiger partial charge in [0.1, 0.15) is 41.7 Å². The second-order valence-corrected chi connectivity index (χ2v) is 16.5. The van der Waals surface area contributed by atoms with E-state index in [1.165, 1.54) is 14.0 Å². The summed E-state index contributed by atoms with van der Waals surface area (Å²) in [6.07, 6.45) is -7.53. The van der Waals surface area contributed by atoms with Gasteiger partial charge in [0, 0.05) is 37.8 Å². The van der Waals surface area contributed by atoms with Crippen LogP contribution in [0.5, 0.6) is 0 Å². The van der Waals surface area contributed by atoms with Gasteiger partial charge >= 0.3 is 5.97 Å². The van der Waals surface area contributed by atoms with E-state index in [4.69, 9.17) is 38.2 Å². The molecule has 0 unspecified atom stereocenters. The molecule has 2 bridgehead atoms. The Morgan fingerprint density at radius 2 is 1.61 bits per heavy atom. The number of hydrogen-bond donors (Lipinski definition) is 4. The van der Waals surface area contributed by atoms with Crippen molar-refractivity contribution >= 4 is 11.9 Å². The van der Waals surface area contributed by atoms with E-state index in [0.29, 0.717) is 18.7 Å². The first-order valence-corrected chi connectivity index (χ1v) is 18.7. The van der Waals surface area contributed by atoms with Gasteiger partial charge in [-0.05, 0) is 75.4 Å². The van der Waals surface area contributed by atoms with E-state index in [1.807, 2.05) is 46.7 Å². The van der Waals surface area contributed by atoms with Crippen LogP contribution in [0.3, 0.4) is 0 Å². The molecule has 0 saturated carbocycles. The molecular weight excluding hydrogens is 664 g/mol. The van der Waals surface area contributed by atoms with Crippen molar-refractivity contribution in [2.24, 2.45) is 22.7 Å². The number of carbonyl (C=O) groups excluding carboxylic acids is 1. The molecule has 4 heterocycles. The van der Waals surface area contributed by atoms with Crippen LogP contribution in [0.2, 0.25) is 0 Å². The molecule has 14 nitrogen and oxygen atoms in total. The maximum Gasteiger partial charge on any atom is 0.311 e. The molecule has 3 saturated heterocycles. The summed E-state index contributed by atoms with van der Waals surface area (Å²) < 4.78 is 44.5. The minimum absolute atomic E-state index is 0.163. The van der Waals surface area contributed by atoms with Crippen molar-refractivity contribution in [2.45, 2.75) is 185 Å². The Bertz CT molecular complexity index is 1220. The van der Waals surface area contributed by atoms with Crippen LogP contribution in [-0.2, 0) is 38.0 Å². The molecule has 4 N–H and O–H groups in total. The predicted octanol–water partition coefficient (Wildman–Crippen LogP) is 2.41. The lowest BCUT2D eigenvalue weighted by Gasteiger charge is -2.48. The highest BCUT2D eigenvalue weighted by molar-refractivity contribution is 5.81. The monoisotopic (exact) mass is 730 g/mol. The summed E-state index contributed by atoms with van der Waals surface area (Å²) in [5.41, 5.74) is -3.91. The molecule has 14 heteroatoms. The lowest BCUT2D eigenvalue weighted by Crippen LogP contribution is -2.60. The number of likely N-dealkylation sites (N-methyl/N-ethyl adjacent to an activating group) is 1. The maximum atomic E-state index is 14.2. The zero-order valence-electron chi connectivity index (χ0n) is 32.9. The fourth-order valence-electron chi connectivity index (χ4n) is 8.61. The number of nitrogens with zero attached hydrogens (tertiary/aromatic N) is 2. The number of methoxy groups -OCH3 is 1. The number of ether oxygens (including phenoxy) is 7. The molecule has 4 aliphatic heterocycles. The molecule has 0 aromatic heterocycles. The SMILES string of the molecule is CC[C@@H]1OC(=O)[C@H](C)[C@H](O[C@H]2C[C@@](C)(OC)[C@@H](O)[C@H](C)O2)[C@@H](C)[C@@H](O[C@@H]2O[C@H](C)C[C@H](N(C)C)[C@H]2O)[C@]2(C)C[C@@H](C)C(=N[C@@H](C)[C@H](O)[C@]1(C)O)O2. The highest BCUT2D eigenvalue weighted by atomic mass is 16.7. The third-order valence-electron chi connectivity index (χ3n) is 11.9. The Morgan fingerprint density at radius 1 is 0.961 bits per heavy atom. The molecule has 0 aliphatic carbocycles. The summed E-state index contributed by atoms with van der Waals surface area (Å²) >= 11 is 0. The first-order valence-electron chi connectivity index (χ1n) is 18.7. The van der Waals surface area contributed by atoms with Crippen molar-refractivity contribution in [3.05, 3.63) is 0 Å². The Morgan fingerprint density at radius 3 is 2.20 bits per heavy atom. The number of esters is 1. The fourth-order valence-corrected chi connectivity index (χ4v) is 8.61. The van der Waals surface area contributed by atoms with Crippen LogP contribution >= 0.6 is 0 Å². The minimum atomic E-state index is -1.84. The van der Waals surface area contributed by atoms with Gasteiger partial charge in [-0.2, -0.15) is 0 Å². The lowest BCUT2D eigenvalue weighted by atomic mass is 9.79. The molecule has 0 amide bonds. The largest absolute Gasteiger partial charge is 0.472 e. The number of rotatable bonds is 7. The molecule has 18 atom stereocenters. The van der Waals surface area contributed by atoms with Crippen LogP contribution in [0.25, 0.3) is 0 Å². The van der Waals surface area contributed by atoms with Crippen molar-refractivity contribution in [3.8, 4) is 0 Å². The van der Waals surface area contributed by atoms with Gasteiger partial charge in [-0.15, -0.1) is 0 Å². The quantitative estimate of drug-likeness (QED) is 0.281. The van der Waals surface area contributed by atoms with E-state index < -0.39 is 96.0 Å². The van der Waals surface area contributed by atoms with Gasteiger partial charge in [-0.1, -0.05) is 20.8 Å². The van der Waals surface area contributed by atoms with Crippen LogP contribution in [0.1, 0.15) is 94.9 Å². The Balaban J connectivity index is 1.85. The fraction of sp³-hybridized carbons (Fsp3) is 0.946.